The van der Waals surface area contributed by atoms with Gasteiger partial charge in [-0.25, -0.2) is 0 Å². The lowest BCUT2D eigenvalue weighted by Gasteiger charge is -2.21. The number of hydrogen-bond acceptors (Lipinski definition) is 4. The minimum atomic E-state index is -0.446. The van der Waals surface area contributed by atoms with Crippen molar-refractivity contribution < 1.29 is 9.90 Å². The van der Waals surface area contributed by atoms with Crippen LogP contribution in [-0.4, -0.2) is 34.7 Å². The molecule has 1 aromatic heterocycles. The molecule has 1 aromatic rings. The summed E-state index contributed by atoms with van der Waals surface area (Å²) in [7, 11) is 0. The van der Waals surface area contributed by atoms with E-state index in [1.807, 2.05) is 13.0 Å². The van der Waals surface area contributed by atoms with Gasteiger partial charge < -0.3 is 15.7 Å². The second-order valence-electron chi connectivity index (χ2n) is 5.25. The van der Waals surface area contributed by atoms with Gasteiger partial charge in [-0.05, 0) is 31.9 Å². The van der Waals surface area contributed by atoms with Gasteiger partial charge in [-0.1, -0.05) is 19.3 Å². The predicted molar refractivity (Wildman–Crippen MR) is 78.7 cm³/mol. The van der Waals surface area contributed by atoms with Crippen LogP contribution in [0.3, 0.4) is 0 Å². The van der Waals surface area contributed by atoms with Crippen LogP contribution in [0.2, 0.25) is 0 Å². The first-order valence-corrected chi connectivity index (χ1v) is 7.39. The number of anilines is 1. The van der Waals surface area contributed by atoms with Crippen LogP contribution in [0.1, 0.15) is 49.5 Å². The fraction of sp³-hybridized carbons (Fsp3) is 0.600. The van der Waals surface area contributed by atoms with E-state index in [-0.39, 0.29) is 11.9 Å². The van der Waals surface area contributed by atoms with E-state index in [2.05, 4.69) is 15.6 Å². The van der Waals surface area contributed by atoms with Gasteiger partial charge in [0.15, 0.2) is 0 Å². The number of nitrogens with zero attached hydrogens (tertiary/aromatic N) is 1. The summed E-state index contributed by atoms with van der Waals surface area (Å²) in [6.45, 7) is 2.80. The van der Waals surface area contributed by atoms with Crippen molar-refractivity contribution in [3.05, 3.63) is 24.0 Å². The van der Waals surface area contributed by atoms with Crippen LogP contribution in [0, 0.1) is 0 Å². The third-order valence-corrected chi connectivity index (χ3v) is 3.67. The average Bonchev–Trinajstić information content (AvgIpc) is 2.65. The van der Waals surface area contributed by atoms with Crippen LogP contribution in [-0.2, 0) is 0 Å². The van der Waals surface area contributed by atoms with Crippen molar-refractivity contribution in [2.45, 2.75) is 51.2 Å². The quantitative estimate of drug-likeness (QED) is 0.735. The summed E-state index contributed by atoms with van der Waals surface area (Å²) < 4.78 is 0. The largest absolute Gasteiger partial charge is 0.391 e. The normalized spacial score (nSPS) is 22.9. The Bertz CT molecular complexity index is 450. The predicted octanol–water partition coefficient (Wildman–Crippen LogP) is 1.94. The second-order valence-corrected chi connectivity index (χ2v) is 5.25. The third kappa shape index (κ3) is 3.93. The molecular weight excluding hydrogens is 254 g/mol. The highest BCUT2D eigenvalue weighted by atomic mass is 16.3. The van der Waals surface area contributed by atoms with Crippen LogP contribution >= 0.6 is 0 Å². The Morgan fingerprint density at radius 1 is 1.40 bits per heavy atom. The van der Waals surface area contributed by atoms with Crippen LogP contribution in [0.5, 0.6) is 0 Å². The molecule has 110 valence electrons. The lowest BCUT2D eigenvalue weighted by atomic mass is 10.1. The highest BCUT2D eigenvalue weighted by Gasteiger charge is 2.24. The fourth-order valence-corrected chi connectivity index (χ4v) is 2.57. The zero-order valence-corrected chi connectivity index (χ0v) is 11.9. The Morgan fingerprint density at radius 2 is 2.20 bits per heavy atom. The minimum Gasteiger partial charge on any atom is -0.391 e. The summed E-state index contributed by atoms with van der Waals surface area (Å²) in [5, 5.41) is 16.1. The number of amides is 1. The molecule has 1 fully saturated rings. The number of pyridine rings is 1. The highest BCUT2D eigenvalue weighted by Crippen LogP contribution is 2.18. The van der Waals surface area contributed by atoms with E-state index in [9.17, 15) is 9.90 Å². The van der Waals surface area contributed by atoms with Crippen molar-refractivity contribution in [2.75, 3.05) is 11.9 Å². The molecule has 0 radical (unpaired) electrons. The van der Waals surface area contributed by atoms with E-state index in [4.69, 9.17) is 0 Å². The van der Waals surface area contributed by atoms with Crippen molar-refractivity contribution in [1.82, 2.24) is 10.3 Å². The van der Waals surface area contributed by atoms with Crippen molar-refractivity contribution >= 4 is 11.6 Å². The summed E-state index contributed by atoms with van der Waals surface area (Å²) in [6, 6.07) is 3.41. The zero-order valence-electron chi connectivity index (χ0n) is 11.9. The third-order valence-electron chi connectivity index (χ3n) is 3.67. The Labute approximate surface area is 119 Å². The SMILES string of the molecule is CCNc1ccnc(C(=O)NC2CCCCCC2O)c1. The topological polar surface area (TPSA) is 74.2 Å². The van der Waals surface area contributed by atoms with Crippen LogP contribution < -0.4 is 10.6 Å². The molecule has 0 aromatic carbocycles. The molecule has 5 nitrogen and oxygen atoms in total. The first-order chi connectivity index (χ1) is 9.70. The standard InChI is InChI=1S/C15H23N3O2/c1-2-16-11-8-9-17-13(10-11)15(20)18-12-6-4-3-5-7-14(12)19/h8-10,12,14,19H,2-7H2,1H3,(H,16,17)(H,18,20). The molecule has 0 spiro atoms. The maximum absolute atomic E-state index is 12.2. The molecule has 2 atom stereocenters. The van der Waals surface area contributed by atoms with E-state index in [1.54, 1.807) is 12.3 Å². The maximum atomic E-state index is 12.2. The molecule has 1 amide bonds. The van der Waals surface area contributed by atoms with Crippen molar-refractivity contribution in [3.8, 4) is 0 Å². The van der Waals surface area contributed by atoms with Crippen LogP contribution in [0.15, 0.2) is 18.3 Å². The van der Waals surface area contributed by atoms with E-state index in [0.717, 1.165) is 44.3 Å². The van der Waals surface area contributed by atoms with Crippen molar-refractivity contribution in [2.24, 2.45) is 0 Å². The van der Waals surface area contributed by atoms with E-state index in [1.165, 1.54) is 0 Å². The molecule has 3 N–H and O–H groups in total. The van der Waals surface area contributed by atoms with Gasteiger partial charge in [-0.2, -0.15) is 0 Å². The molecule has 0 bridgehead atoms. The Morgan fingerprint density at radius 3 is 3.00 bits per heavy atom. The average molecular weight is 277 g/mol. The molecule has 2 rings (SSSR count). The van der Waals surface area contributed by atoms with E-state index in [0.29, 0.717) is 5.69 Å². The number of aliphatic hydroxyl groups excluding tert-OH is 1. The van der Waals surface area contributed by atoms with Crippen LogP contribution in [0.4, 0.5) is 5.69 Å². The van der Waals surface area contributed by atoms with E-state index >= 15 is 0 Å². The smallest absolute Gasteiger partial charge is 0.270 e. The van der Waals surface area contributed by atoms with Gasteiger partial charge in [0.1, 0.15) is 5.69 Å². The highest BCUT2D eigenvalue weighted by molar-refractivity contribution is 5.93. The van der Waals surface area contributed by atoms with Crippen molar-refractivity contribution in [3.63, 3.8) is 0 Å². The summed E-state index contributed by atoms with van der Waals surface area (Å²) >= 11 is 0. The molecule has 1 aliphatic rings. The number of carbonyl (C=O) groups excluding carboxylic acids is 1. The summed E-state index contributed by atoms with van der Waals surface area (Å²) in [4.78, 5) is 16.3. The molecule has 1 heterocycles. The number of aromatic nitrogens is 1. The molecule has 5 heteroatoms. The molecule has 0 saturated heterocycles. The van der Waals surface area contributed by atoms with Gasteiger partial charge in [0.05, 0.1) is 12.1 Å². The summed E-state index contributed by atoms with van der Waals surface area (Å²) in [6.07, 6.45) is 5.97. The molecule has 0 aliphatic heterocycles. The lowest BCUT2D eigenvalue weighted by Crippen LogP contribution is -2.42. The zero-order chi connectivity index (χ0) is 14.4. The number of rotatable bonds is 4. The second kappa shape index (κ2) is 7.24. The number of nitrogens with one attached hydrogen (secondary N) is 2. The van der Waals surface area contributed by atoms with E-state index < -0.39 is 6.10 Å². The fourth-order valence-electron chi connectivity index (χ4n) is 2.57. The minimum absolute atomic E-state index is 0.158. The lowest BCUT2D eigenvalue weighted by molar-refractivity contribution is 0.0814. The first kappa shape index (κ1) is 14.8. The van der Waals surface area contributed by atoms with Gasteiger partial charge >= 0.3 is 0 Å². The van der Waals surface area contributed by atoms with Crippen molar-refractivity contribution in [1.29, 1.82) is 0 Å². The summed E-state index contributed by atoms with van der Waals surface area (Å²) in [5.74, 6) is -0.212. The molecule has 20 heavy (non-hydrogen) atoms. The van der Waals surface area contributed by atoms with Gasteiger partial charge in [-0.15, -0.1) is 0 Å². The summed E-state index contributed by atoms with van der Waals surface area (Å²) in [5.41, 5.74) is 1.27. The Balaban J connectivity index is 2.01. The van der Waals surface area contributed by atoms with Gasteiger partial charge in [0.25, 0.3) is 5.91 Å². The number of carbonyl (C=O) groups is 1. The van der Waals surface area contributed by atoms with Gasteiger partial charge in [0.2, 0.25) is 0 Å². The molecular formula is C15H23N3O2. The Hall–Kier alpha value is -1.62. The molecule has 2 unspecified atom stereocenters. The maximum Gasteiger partial charge on any atom is 0.270 e. The van der Waals surface area contributed by atoms with Crippen LogP contribution in [0.25, 0.3) is 0 Å². The van der Waals surface area contributed by atoms with Gasteiger partial charge in [-0.3, -0.25) is 9.78 Å². The molecule has 1 aliphatic carbocycles. The number of hydrogen-bond donors (Lipinski definition) is 3. The Kier molecular flexibility index (Phi) is 5.35. The number of aliphatic hydroxyl groups is 1. The first-order valence-electron chi connectivity index (χ1n) is 7.39. The molecule has 1 saturated carbocycles. The van der Waals surface area contributed by atoms with Gasteiger partial charge in [0, 0.05) is 18.4 Å². The monoisotopic (exact) mass is 277 g/mol.